The van der Waals surface area contributed by atoms with Crippen LogP contribution in [0.2, 0.25) is 0 Å². The molecular weight excluding hydrogens is 310 g/mol. The number of nitrogens with zero attached hydrogens (tertiary/aromatic N) is 4. The van der Waals surface area contributed by atoms with Gasteiger partial charge in [0.1, 0.15) is 11.7 Å². The quantitative estimate of drug-likeness (QED) is 0.783. The van der Waals surface area contributed by atoms with Crippen molar-refractivity contribution in [1.29, 1.82) is 5.26 Å². The van der Waals surface area contributed by atoms with Crippen LogP contribution in [-0.4, -0.2) is 48.1 Å². The molecule has 1 aromatic carbocycles. The van der Waals surface area contributed by atoms with E-state index in [0.717, 1.165) is 66.0 Å². The van der Waals surface area contributed by atoms with E-state index in [1.54, 1.807) is 0 Å². The second kappa shape index (κ2) is 6.58. The number of hydrogen-bond donors (Lipinski definition) is 1. The van der Waals surface area contributed by atoms with E-state index in [1.807, 2.05) is 24.5 Å². The molecule has 5 nitrogen and oxygen atoms in total. The summed E-state index contributed by atoms with van der Waals surface area (Å²) in [6.45, 7) is 4.09. The Morgan fingerprint density at radius 3 is 2.88 bits per heavy atom. The van der Waals surface area contributed by atoms with Crippen LogP contribution in [0.4, 0.5) is 5.69 Å². The third-order valence-electron chi connectivity index (χ3n) is 4.91. The Hall–Kier alpha value is -2.84. The average Bonchev–Trinajstić information content (AvgIpc) is 3.01. The summed E-state index contributed by atoms with van der Waals surface area (Å²) in [5.74, 6) is 0. The summed E-state index contributed by atoms with van der Waals surface area (Å²) in [5.41, 5.74) is 4.72. The van der Waals surface area contributed by atoms with E-state index in [1.165, 1.54) is 0 Å². The largest absolute Gasteiger partial charge is 0.369 e. The fourth-order valence-corrected chi connectivity index (χ4v) is 3.47. The van der Waals surface area contributed by atoms with Gasteiger partial charge < -0.3 is 14.8 Å². The molecule has 0 unspecified atom stereocenters. The summed E-state index contributed by atoms with van der Waals surface area (Å²) in [4.78, 5) is 12.2. The maximum atomic E-state index is 9.67. The highest BCUT2D eigenvalue weighted by Gasteiger charge is 2.16. The molecule has 3 aromatic rings. The summed E-state index contributed by atoms with van der Waals surface area (Å²) in [5, 5.41) is 10.8. The molecule has 3 heterocycles. The van der Waals surface area contributed by atoms with Gasteiger partial charge in [-0.1, -0.05) is 6.07 Å². The van der Waals surface area contributed by atoms with Gasteiger partial charge in [0, 0.05) is 43.0 Å². The van der Waals surface area contributed by atoms with Gasteiger partial charge in [-0.3, -0.25) is 0 Å². The van der Waals surface area contributed by atoms with Crippen LogP contribution < -0.4 is 4.90 Å². The maximum Gasteiger partial charge on any atom is 0.137 e. The first kappa shape index (κ1) is 15.7. The van der Waals surface area contributed by atoms with E-state index in [4.69, 9.17) is 0 Å². The smallest absolute Gasteiger partial charge is 0.137 e. The summed E-state index contributed by atoms with van der Waals surface area (Å²) < 4.78 is 0. The Morgan fingerprint density at radius 2 is 2.00 bits per heavy atom. The highest BCUT2D eigenvalue weighted by molar-refractivity contribution is 5.82. The van der Waals surface area contributed by atoms with Gasteiger partial charge in [0.15, 0.2) is 0 Å². The Balaban J connectivity index is 1.68. The maximum absolute atomic E-state index is 9.67. The van der Waals surface area contributed by atoms with Crippen molar-refractivity contribution in [3.63, 3.8) is 0 Å². The van der Waals surface area contributed by atoms with Crippen LogP contribution in [0.3, 0.4) is 0 Å². The summed E-state index contributed by atoms with van der Waals surface area (Å²) in [7, 11) is 2.15. The molecule has 1 saturated heterocycles. The Morgan fingerprint density at radius 1 is 1.08 bits per heavy atom. The van der Waals surface area contributed by atoms with Crippen molar-refractivity contribution in [2.24, 2.45) is 0 Å². The van der Waals surface area contributed by atoms with Gasteiger partial charge in [0.25, 0.3) is 0 Å². The minimum atomic E-state index is 0.733. The molecular formula is C20H21N5. The minimum absolute atomic E-state index is 0.733. The zero-order valence-electron chi connectivity index (χ0n) is 14.4. The molecule has 25 heavy (non-hydrogen) atoms. The van der Waals surface area contributed by atoms with Crippen LogP contribution in [0, 0.1) is 11.3 Å². The second-order valence-electron chi connectivity index (χ2n) is 6.63. The zero-order valence-corrected chi connectivity index (χ0v) is 14.4. The van der Waals surface area contributed by atoms with Crippen molar-refractivity contribution >= 4 is 16.7 Å². The van der Waals surface area contributed by atoms with Crippen molar-refractivity contribution in [2.45, 2.75) is 6.42 Å². The van der Waals surface area contributed by atoms with Crippen molar-refractivity contribution in [1.82, 2.24) is 14.9 Å². The molecule has 126 valence electrons. The summed E-state index contributed by atoms with van der Waals surface area (Å²) in [6, 6.07) is 12.7. The number of nitriles is 1. The molecule has 4 rings (SSSR count). The molecule has 0 amide bonds. The topological polar surface area (TPSA) is 58.9 Å². The zero-order chi connectivity index (χ0) is 17.2. The molecule has 2 aromatic heterocycles. The minimum Gasteiger partial charge on any atom is -0.369 e. The fraction of sp³-hybridized carbons (Fsp3) is 0.300. The lowest BCUT2D eigenvalue weighted by atomic mass is 10.0. The highest BCUT2D eigenvalue weighted by atomic mass is 15.2. The molecule has 0 atom stereocenters. The predicted molar refractivity (Wildman–Crippen MR) is 101 cm³/mol. The van der Waals surface area contributed by atoms with Crippen molar-refractivity contribution in [3.8, 4) is 17.2 Å². The first-order valence-electron chi connectivity index (χ1n) is 8.66. The number of benzene rings is 1. The van der Waals surface area contributed by atoms with Crippen LogP contribution in [-0.2, 0) is 0 Å². The number of hydrogen-bond acceptors (Lipinski definition) is 4. The third kappa shape index (κ3) is 3.09. The fourth-order valence-electron chi connectivity index (χ4n) is 3.47. The lowest BCUT2D eigenvalue weighted by Crippen LogP contribution is -2.29. The second-order valence-corrected chi connectivity index (χ2v) is 6.63. The van der Waals surface area contributed by atoms with Gasteiger partial charge in [-0.15, -0.1) is 0 Å². The number of fused-ring (bicyclic) bond motifs is 1. The lowest BCUT2D eigenvalue weighted by molar-refractivity contribution is 0.360. The van der Waals surface area contributed by atoms with Crippen LogP contribution in [0.15, 0.2) is 42.7 Å². The Bertz CT molecular complexity index is 937. The predicted octanol–water partition coefficient (Wildman–Crippen LogP) is 3.24. The Labute approximate surface area is 147 Å². The molecule has 1 fully saturated rings. The number of rotatable bonds is 2. The van der Waals surface area contributed by atoms with E-state index < -0.39 is 0 Å². The van der Waals surface area contributed by atoms with Gasteiger partial charge in [0.05, 0.1) is 11.3 Å². The number of nitrogens with one attached hydrogen (secondary N) is 1. The van der Waals surface area contributed by atoms with Crippen molar-refractivity contribution in [2.75, 3.05) is 38.1 Å². The molecule has 1 aliphatic heterocycles. The van der Waals surface area contributed by atoms with Crippen LogP contribution in [0.5, 0.6) is 0 Å². The number of aromatic amines is 1. The third-order valence-corrected chi connectivity index (χ3v) is 4.91. The molecule has 5 heteroatoms. The molecule has 0 spiro atoms. The standard InChI is InChI=1S/C20H21N5/c1-24-7-2-8-25(10-9-24)19-4-3-15(11-17(19)13-21)18-12-16-5-6-22-20(16)23-14-18/h3-6,11-12,14H,2,7-10H2,1H3,(H,22,23). The van der Waals surface area contributed by atoms with E-state index in [2.05, 4.69) is 51.1 Å². The monoisotopic (exact) mass is 331 g/mol. The van der Waals surface area contributed by atoms with E-state index in [0.29, 0.717) is 0 Å². The normalized spacial score (nSPS) is 15.9. The van der Waals surface area contributed by atoms with Gasteiger partial charge in [0.2, 0.25) is 0 Å². The van der Waals surface area contributed by atoms with Gasteiger partial charge in [-0.05, 0) is 49.8 Å². The first-order valence-corrected chi connectivity index (χ1v) is 8.66. The number of anilines is 1. The molecule has 1 N–H and O–H groups in total. The lowest BCUT2D eigenvalue weighted by Gasteiger charge is -2.24. The number of H-pyrrole nitrogens is 1. The van der Waals surface area contributed by atoms with Crippen molar-refractivity contribution < 1.29 is 0 Å². The van der Waals surface area contributed by atoms with Crippen LogP contribution in [0.1, 0.15) is 12.0 Å². The molecule has 0 radical (unpaired) electrons. The van der Waals surface area contributed by atoms with Gasteiger partial charge in [-0.2, -0.15) is 5.26 Å². The van der Waals surface area contributed by atoms with E-state index in [9.17, 15) is 5.26 Å². The molecule has 0 bridgehead atoms. The molecule has 0 aliphatic carbocycles. The molecule has 0 saturated carbocycles. The van der Waals surface area contributed by atoms with Crippen LogP contribution >= 0.6 is 0 Å². The van der Waals surface area contributed by atoms with Crippen LogP contribution in [0.25, 0.3) is 22.2 Å². The van der Waals surface area contributed by atoms with E-state index >= 15 is 0 Å². The molecule has 1 aliphatic rings. The number of aromatic nitrogens is 2. The van der Waals surface area contributed by atoms with E-state index in [-0.39, 0.29) is 0 Å². The summed E-state index contributed by atoms with van der Waals surface area (Å²) in [6.07, 6.45) is 4.87. The first-order chi connectivity index (χ1) is 12.2. The SMILES string of the molecule is CN1CCCN(c2ccc(-c3cnc4[nH]ccc4c3)cc2C#N)CC1. The Kier molecular flexibility index (Phi) is 4.12. The summed E-state index contributed by atoms with van der Waals surface area (Å²) >= 11 is 0. The average molecular weight is 331 g/mol. The number of pyridine rings is 1. The van der Waals surface area contributed by atoms with Gasteiger partial charge in [-0.25, -0.2) is 4.98 Å². The number of likely N-dealkylation sites (N-methyl/N-ethyl adjacent to an activating group) is 1. The van der Waals surface area contributed by atoms with Gasteiger partial charge >= 0.3 is 0 Å². The van der Waals surface area contributed by atoms with Crippen molar-refractivity contribution in [3.05, 3.63) is 48.3 Å². The highest BCUT2D eigenvalue weighted by Crippen LogP contribution is 2.29.